The molecule has 0 amide bonds. The summed E-state index contributed by atoms with van der Waals surface area (Å²) in [6.07, 6.45) is 6.46. The van der Waals surface area contributed by atoms with Gasteiger partial charge in [0.25, 0.3) is 0 Å². The fourth-order valence-corrected chi connectivity index (χ4v) is 2.27. The first-order chi connectivity index (χ1) is 10.3. The summed E-state index contributed by atoms with van der Waals surface area (Å²) in [5.41, 5.74) is 3.06. The van der Waals surface area contributed by atoms with Crippen LogP contribution in [-0.4, -0.2) is 11.5 Å². The molecule has 0 fully saturated rings. The van der Waals surface area contributed by atoms with Crippen LogP contribution in [0.5, 0.6) is 0 Å². The van der Waals surface area contributed by atoms with Gasteiger partial charge in [-0.3, -0.25) is 9.79 Å². The van der Waals surface area contributed by atoms with Gasteiger partial charge in [0.1, 0.15) is 0 Å². The molecule has 3 rings (SSSR count). The van der Waals surface area contributed by atoms with E-state index in [1.807, 2.05) is 78.9 Å². The number of rotatable bonds is 3. The maximum absolute atomic E-state index is 12.6. The lowest BCUT2D eigenvalue weighted by molar-refractivity contribution is 0.104. The number of Topliss-reactive ketones (excluding diaryl/α,β-unsaturated/α-hetero) is 1. The number of hydrogen-bond acceptors (Lipinski definition) is 2. The Labute approximate surface area is 124 Å². The third-order valence-electron chi connectivity index (χ3n) is 3.32. The summed E-state index contributed by atoms with van der Waals surface area (Å²) >= 11 is 0. The fraction of sp³-hybridized carbons (Fsp3) is 0.0526. The first kappa shape index (κ1) is 13.3. The molecule has 1 aliphatic rings. The van der Waals surface area contributed by atoms with E-state index in [2.05, 4.69) is 4.99 Å². The molecule has 0 spiro atoms. The van der Waals surface area contributed by atoms with Gasteiger partial charge < -0.3 is 0 Å². The molecule has 0 aromatic heterocycles. The standard InChI is InChI=1S/C19H15NO/c21-19(15-9-3-1-4-10-15)17-13-7-8-14-18(17)20-16-11-5-2-6-12-16/h1-13H,14H2. The van der Waals surface area contributed by atoms with E-state index in [1.165, 1.54) is 0 Å². The molecule has 102 valence electrons. The minimum absolute atomic E-state index is 0.0228. The molecular weight excluding hydrogens is 258 g/mol. The molecule has 1 aliphatic carbocycles. The highest BCUT2D eigenvalue weighted by Gasteiger charge is 2.18. The molecule has 2 aromatic rings. The Morgan fingerprint density at radius 1 is 0.905 bits per heavy atom. The SMILES string of the molecule is O=C(C1=CC=CCC1=Nc1ccccc1)c1ccccc1. The van der Waals surface area contributed by atoms with Crippen LogP contribution in [0.25, 0.3) is 0 Å². The van der Waals surface area contributed by atoms with Gasteiger partial charge in [0, 0.05) is 17.6 Å². The summed E-state index contributed by atoms with van der Waals surface area (Å²) in [4.78, 5) is 17.2. The minimum Gasteiger partial charge on any atom is -0.289 e. The topological polar surface area (TPSA) is 29.4 Å². The van der Waals surface area contributed by atoms with Crippen LogP contribution in [0.4, 0.5) is 5.69 Å². The number of nitrogens with zero attached hydrogens (tertiary/aromatic N) is 1. The van der Waals surface area contributed by atoms with Crippen molar-refractivity contribution >= 4 is 17.2 Å². The first-order valence-electron chi connectivity index (χ1n) is 6.94. The molecule has 0 unspecified atom stereocenters. The van der Waals surface area contributed by atoms with Gasteiger partial charge in [-0.05, 0) is 18.2 Å². The Hall–Kier alpha value is -2.74. The van der Waals surface area contributed by atoms with Crippen LogP contribution in [0, 0.1) is 0 Å². The van der Waals surface area contributed by atoms with Gasteiger partial charge in [0.15, 0.2) is 5.78 Å². The van der Waals surface area contributed by atoms with E-state index in [4.69, 9.17) is 0 Å². The highest BCUT2D eigenvalue weighted by molar-refractivity contribution is 6.29. The predicted molar refractivity (Wildman–Crippen MR) is 86.1 cm³/mol. The van der Waals surface area contributed by atoms with Gasteiger partial charge in [0.2, 0.25) is 0 Å². The van der Waals surface area contributed by atoms with Crippen LogP contribution in [0.1, 0.15) is 16.8 Å². The smallest absolute Gasteiger partial charge is 0.194 e. The molecule has 2 heteroatoms. The number of allylic oxidation sites excluding steroid dienone is 4. The lowest BCUT2D eigenvalue weighted by Crippen LogP contribution is -2.14. The molecule has 0 N–H and O–H groups in total. The predicted octanol–water partition coefficient (Wildman–Crippen LogP) is 4.53. The van der Waals surface area contributed by atoms with Crippen LogP contribution in [-0.2, 0) is 0 Å². The van der Waals surface area contributed by atoms with Crippen LogP contribution in [0.2, 0.25) is 0 Å². The van der Waals surface area contributed by atoms with Crippen molar-refractivity contribution in [2.45, 2.75) is 6.42 Å². The highest BCUT2D eigenvalue weighted by atomic mass is 16.1. The Balaban J connectivity index is 1.96. The summed E-state index contributed by atoms with van der Waals surface area (Å²) in [6.45, 7) is 0. The summed E-state index contributed by atoms with van der Waals surface area (Å²) < 4.78 is 0. The zero-order valence-corrected chi connectivity index (χ0v) is 11.6. The van der Waals surface area contributed by atoms with Crippen molar-refractivity contribution in [3.05, 3.63) is 90.0 Å². The van der Waals surface area contributed by atoms with Gasteiger partial charge in [0.05, 0.1) is 11.4 Å². The Kier molecular flexibility index (Phi) is 3.88. The van der Waals surface area contributed by atoms with Gasteiger partial charge in [-0.1, -0.05) is 60.7 Å². The van der Waals surface area contributed by atoms with E-state index in [9.17, 15) is 4.79 Å². The van der Waals surface area contributed by atoms with Crippen molar-refractivity contribution in [1.29, 1.82) is 0 Å². The number of aliphatic imine (C=N–C) groups is 1. The van der Waals surface area contributed by atoms with Crippen molar-refractivity contribution in [2.24, 2.45) is 4.99 Å². The monoisotopic (exact) mass is 273 g/mol. The summed E-state index contributed by atoms with van der Waals surface area (Å²) in [5, 5.41) is 0. The lowest BCUT2D eigenvalue weighted by atomic mass is 9.94. The first-order valence-corrected chi connectivity index (χ1v) is 6.94. The van der Waals surface area contributed by atoms with Gasteiger partial charge in [-0.15, -0.1) is 0 Å². The van der Waals surface area contributed by atoms with Crippen molar-refractivity contribution < 1.29 is 4.79 Å². The maximum atomic E-state index is 12.6. The second-order valence-electron chi connectivity index (χ2n) is 4.80. The van der Waals surface area contributed by atoms with Gasteiger partial charge >= 0.3 is 0 Å². The molecule has 2 aromatic carbocycles. The van der Waals surface area contributed by atoms with E-state index in [-0.39, 0.29) is 5.78 Å². The zero-order valence-electron chi connectivity index (χ0n) is 11.6. The van der Waals surface area contributed by atoms with Crippen molar-refractivity contribution in [3.63, 3.8) is 0 Å². The molecule has 0 saturated heterocycles. The molecule has 21 heavy (non-hydrogen) atoms. The fourth-order valence-electron chi connectivity index (χ4n) is 2.27. The summed E-state index contributed by atoms with van der Waals surface area (Å²) in [7, 11) is 0. The molecule has 0 heterocycles. The molecule has 0 aliphatic heterocycles. The van der Waals surface area contributed by atoms with E-state index in [0.717, 1.165) is 11.4 Å². The normalized spacial score (nSPS) is 15.8. The average Bonchev–Trinajstić information content (AvgIpc) is 2.56. The molecule has 0 bridgehead atoms. The van der Waals surface area contributed by atoms with Crippen molar-refractivity contribution in [2.75, 3.05) is 0 Å². The number of carbonyl (C=O) groups is 1. The summed E-state index contributed by atoms with van der Waals surface area (Å²) in [6, 6.07) is 19.1. The number of hydrogen-bond donors (Lipinski definition) is 0. The number of carbonyl (C=O) groups excluding carboxylic acids is 1. The third-order valence-corrected chi connectivity index (χ3v) is 3.32. The van der Waals surface area contributed by atoms with E-state index in [1.54, 1.807) is 0 Å². The largest absolute Gasteiger partial charge is 0.289 e. The second-order valence-corrected chi connectivity index (χ2v) is 4.80. The quantitative estimate of drug-likeness (QED) is 0.755. The average molecular weight is 273 g/mol. The van der Waals surface area contributed by atoms with E-state index < -0.39 is 0 Å². The number of para-hydroxylation sites is 1. The minimum atomic E-state index is 0.0228. The number of ketones is 1. The Morgan fingerprint density at radius 2 is 1.57 bits per heavy atom. The highest BCUT2D eigenvalue weighted by Crippen LogP contribution is 2.20. The molecule has 0 atom stereocenters. The van der Waals surface area contributed by atoms with Crippen molar-refractivity contribution in [3.8, 4) is 0 Å². The third kappa shape index (κ3) is 3.06. The number of benzene rings is 2. The van der Waals surface area contributed by atoms with Gasteiger partial charge in [-0.2, -0.15) is 0 Å². The second kappa shape index (κ2) is 6.14. The molecule has 0 saturated carbocycles. The maximum Gasteiger partial charge on any atom is 0.194 e. The molecular formula is C19H15NO. The van der Waals surface area contributed by atoms with Crippen LogP contribution >= 0.6 is 0 Å². The van der Waals surface area contributed by atoms with Crippen LogP contribution in [0.3, 0.4) is 0 Å². The van der Waals surface area contributed by atoms with Crippen molar-refractivity contribution in [1.82, 2.24) is 0 Å². The van der Waals surface area contributed by atoms with E-state index >= 15 is 0 Å². The summed E-state index contributed by atoms with van der Waals surface area (Å²) in [5.74, 6) is 0.0228. The Morgan fingerprint density at radius 3 is 2.29 bits per heavy atom. The Bertz CT molecular complexity index is 725. The van der Waals surface area contributed by atoms with Crippen LogP contribution < -0.4 is 0 Å². The molecule has 0 radical (unpaired) electrons. The van der Waals surface area contributed by atoms with Crippen LogP contribution in [0.15, 0.2) is 89.5 Å². The van der Waals surface area contributed by atoms with E-state index in [0.29, 0.717) is 17.6 Å². The van der Waals surface area contributed by atoms with Gasteiger partial charge in [-0.25, -0.2) is 0 Å². The zero-order chi connectivity index (χ0) is 14.5. The lowest BCUT2D eigenvalue weighted by Gasteiger charge is -2.12. The molecule has 2 nitrogen and oxygen atoms in total.